The molecule has 2 fully saturated rings. The molecule has 0 saturated heterocycles. The number of nitrogens with zero attached hydrogens (tertiary/aromatic N) is 2. The predicted octanol–water partition coefficient (Wildman–Crippen LogP) is -0.842. The van der Waals surface area contributed by atoms with Crippen molar-refractivity contribution in [3.05, 3.63) is 12.4 Å². The first kappa shape index (κ1) is 6.72. The van der Waals surface area contributed by atoms with Crippen LogP contribution in [0.1, 0.15) is 12.8 Å². The van der Waals surface area contributed by atoms with E-state index in [4.69, 9.17) is 13.0 Å². The Bertz CT molecular complexity index is 341. The summed E-state index contributed by atoms with van der Waals surface area (Å²) in [7, 11) is 5.56. The van der Waals surface area contributed by atoms with Gasteiger partial charge in [0.2, 0.25) is 0 Å². The summed E-state index contributed by atoms with van der Waals surface area (Å²) < 4.78 is 1.92. The van der Waals surface area contributed by atoms with Crippen LogP contribution in [0.4, 0.5) is 0 Å². The van der Waals surface area contributed by atoms with Crippen molar-refractivity contribution in [2.24, 2.45) is 5.41 Å². The number of hydrogen-bond donors (Lipinski definition) is 1. The molecule has 2 saturated carbocycles. The van der Waals surface area contributed by atoms with E-state index in [1.807, 2.05) is 10.9 Å². The van der Waals surface area contributed by atoms with Crippen LogP contribution in [-0.4, -0.2) is 29.3 Å². The summed E-state index contributed by atoms with van der Waals surface area (Å²) in [5.74, 6) is 0. The van der Waals surface area contributed by atoms with Gasteiger partial charge in [0.25, 0.3) is 0 Å². The fraction of sp³-hybridized carbons (Fsp3) is 0.625. The molecular weight excluding hydrogens is 151 g/mol. The maximum absolute atomic E-state index is 9.07. The van der Waals surface area contributed by atoms with E-state index >= 15 is 0 Å². The largest absolute Gasteiger partial charge is 0.396 e. The third kappa shape index (κ3) is 0.534. The van der Waals surface area contributed by atoms with Crippen LogP contribution in [0.2, 0.25) is 0 Å². The molecule has 3 rings (SSSR count). The van der Waals surface area contributed by atoms with Crippen molar-refractivity contribution in [2.45, 2.75) is 18.4 Å². The normalized spacial score (nSPS) is 42.4. The molecule has 4 heteroatoms. The lowest BCUT2D eigenvalue weighted by molar-refractivity contribution is 0.246. The highest BCUT2D eigenvalue weighted by Crippen LogP contribution is 2.82. The highest BCUT2D eigenvalue weighted by atomic mass is 16.3. The lowest BCUT2D eigenvalue weighted by Gasteiger charge is -2.00. The van der Waals surface area contributed by atoms with Gasteiger partial charge in [0.15, 0.2) is 0 Å². The third-order valence-electron chi connectivity index (χ3n) is 3.34. The monoisotopic (exact) mass is 160 g/mol. The molecule has 0 unspecified atom stereocenters. The van der Waals surface area contributed by atoms with E-state index in [-0.39, 0.29) is 17.6 Å². The molecule has 0 amide bonds. The Hall–Kier alpha value is -0.765. The molecule has 2 radical (unpaired) electrons. The minimum Gasteiger partial charge on any atom is -0.396 e. The van der Waals surface area contributed by atoms with Gasteiger partial charge in [-0.2, -0.15) is 5.10 Å². The molecule has 2 aliphatic carbocycles. The number of fused-ring (bicyclic) bond motifs is 1. The molecular formula is C8H9BN2O. The van der Waals surface area contributed by atoms with E-state index in [0.29, 0.717) is 5.46 Å². The smallest absolute Gasteiger partial charge is 0.118 e. The second-order valence-electron chi connectivity index (χ2n) is 4.04. The molecule has 3 nitrogen and oxygen atoms in total. The van der Waals surface area contributed by atoms with E-state index in [1.54, 1.807) is 6.20 Å². The Labute approximate surface area is 71.8 Å². The van der Waals surface area contributed by atoms with Crippen molar-refractivity contribution in [1.29, 1.82) is 0 Å². The van der Waals surface area contributed by atoms with Crippen LogP contribution in [0.15, 0.2) is 12.4 Å². The number of aliphatic hydroxyl groups is 1. The average molecular weight is 160 g/mol. The van der Waals surface area contributed by atoms with Gasteiger partial charge in [-0.3, -0.25) is 4.68 Å². The molecule has 0 spiro atoms. The van der Waals surface area contributed by atoms with Gasteiger partial charge in [-0.25, -0.2) is 0 Å². The van der Waals surface area contributed by atoms with Crippen molar-refractivity contribution >= 4 is 13.3 Å². The van der Waals surface area contributed by atoms with E-state index in [9.17, 15) is 0 Å². The first-order valence-corrected chi connectivity index (χ1v) is 4.14. The van der Waals surface area contributed by atoms with Crippen LogP contribution in [0.25, 0.3) is 0 Å². The molecule has 2 aliphatic rings. The first-order chi connectivity index (χ1) is 5.72. The van der Waals surface area contributed by atoms with Gasteiger partial charge in [0.1, 0.15) is 7.85 Å². The molecule has 0 atom stereocenters. The Morgan fingerprint density at radius 1 is 1.67 bits per heavy atom. The minimum atomic E-state index is 0.152. The summed E-state index contributed by atoms with van der Waals surface area (Å²) in [6.45, 7) is 0.284. The molecule has 60 valence electrons. The van der Waals surface area contributed by atoms with Gasteiger partial charge in [-0.1, -0.05) is 5.46 Å². The van der Waals surface area contributed by atoms with Crippen LogP contribution in [0, 0.1) is 5.41 Å². The van der Waals surface area contributed by atoms with Crippen molar-refractivity contribution in [3.8, 4) is 0 Å². The van der Waals surface area contributed by atoms with Crippen molar-refractivity contribution in [1.82, 2.24) is 9.78 Å². The molecule has 1 aromatic heterocycles. The van der Waals surface area contributed by atoms with Gasteiger partial charge in [0.05, 0.1) is 12.1 Å². The maximum atomic E-state index is 9.07. The molecule has 0 aliphatic heterocycles. The van der Waals surface area contributed by atoms with Crippen LogP contribution < -0.4 is 5.46 Å². The molecule has 1 heterocycles. The fourth-order valence-corrected chi connectivity index (χ4v) is 2.21. The average Bonchev–Trinajstić information content (AvgIpc) is 2.78. The van der Waals surface area contributed by atoms with Crippen LogP contribution in [0.5, 0.6) is 0 Å². The van der Waals surface area contributed by atoms with Crippen LogP contribution >= 0.6 is 0 Å². The van der Waals surface area contributed by atoms with Crippen LogP contribution in [-0.2, 0) is 5.54 Å². The number of hydrogen-bond acceptors (Lipinski definition) is 2. The van der Waals surface area contributed by atoms with E-state index < -0.39 is 0 Å². The van der Waals surface area contributed by atoms with Gasteiger partial charge in [0, 0.05) is 17.8 Å². The number of aromatic nitrogens is 2. The standard InChI is InChI=1S/C8H9BN2O/c9-6-1-10-11(2-6)8-3-7(8,4-8)5-12/h1-2,12H,3-5H2. The van der Waals surface area contributed by atoms with E-state index in [2.05, 4.69) is 5.10 Å². The predicted molar refractivity (Wildman–Crippen MR) is 44.3 cm³/mol. The van der Waals surface area contributed by atoms with Crippen molar-refractivity contribution < 1.29 is 5.11 Å². The second kappa shape index (κ2) is 1.62. The Kier molecular flexibility index (Phi) is 0.905. The summed E-state index contributed by atoms with van der Waals surface area (Å²) in [6, 6.07) is 0. The topological polar surface area (TPSA) is 38.0 Å². The van der Waals surface area contributed by atoms with Gasteiger partial charge < -0.3 is 5.11 Å². The van der Waals surface area contributed by atoms with Gasteiger partial charge >= 0.3 is 0 Å². The summed E-state index contributed by atoms with van der Waals surface area (Å²) in [4.78, 5) is 0. The van der Waals surface area contributed by atoms with Crippen molar-refractivity contribution in [3.63, 3.8) is 0 Å². The summed E-state index contributed by atoms with van der Waals surface area (Å²) >= 11 is 0. The van der Waals surface area contributed by atoms with Gasteiger partial charge in [-0.05, 0) is 12.8 Å². The Morgan fingerprint density at radius 3 is 2.83 bits per heavy atom. The molecule has 0 aromatic carbocycles. The third-order valence-corrected chi connectivity index (χ3v) is 3.34. The second-order valence-corrected chi connectivity index (χ2v) is 4.04. The highest BCUT2D eigenvalue weighted by molar-refractivity contribution is 6.31. The molecule has 12 heavy (non-hydrogen) atoms. The Morgan fingerprint density at radius 2 is 2.42 bits per heavy atom. The fourth-order valence-electron chi connectivity index (χ4n) is 2.21. The lowest BCUT2D eigenvalue weighted by atomic mass is 10.0. The summed E-state index contributed by atoms with van der Waals surface area (Å²) in [6.07, 6.45) is 5.65. The summed E-state index contributed by atoms with van der Waals surface area (Å²) in [5, 5.41) is 13.2. The molecule has 0 bridgehead atoms. The first-order valence-electron chi connectivity index (χ1n) is 4.14. The summed E-state index contributed by atoms with van der Waals surface area (Å²) in [5.41, 5.74) is 1.03. The quantitative estimate of drug-likeness (QED) is 0.572. The SMILES string of the molecule is [B]c1cnn(C23CC2(CO)C3)c1. The zero-order valence-corrected chi connectivity index (χ0v) is 6.70. The van der Waals surface area contributed by atoms with E-state index in [1.165, 1.54) is 0 Å². The Balaban J connectivity index is 1.95. The number of rotatable bonds is 2. The zero-order chi connectivity index (χ0) is 8.40. The number of aliphatic hydroxyl groups excluding tert-OH is 1. The van der Waals surface area contributed by atoms with E-state index in [0.717, 1.165) is 12.8 Å². The minimum absolute atomic E-state index is 0.152. The molecule has 1 aromatic rings. The molecule has 1 N–H and O–H groups in total. The van der Waals surface area contributed by atoms with Crippen LogP contribution in [0.3, 0.4) is 0 Å². The zero-order valence-electron chi connectivity index (χ0n) is 6.70. The highest BCUT2D eigenvalue weighted by Gasteiger charge is 2.84. The van der Waals surface area contributed by atoms with Gasteiger partial charge in [-0.15, -0.1) is 0 Å². The maximum Gasteiger partial charge on any atom is 0.118 e. The van der Waals surface area contributed by atoms with Crippen molar-refractivity contribution in [2.75, 3.05) is 6.61 Å². The lowest BCUT2D eigenvalue weighted by Crippen LogP contribution is -2.08.